The van der Waals surface area contributed by atoms with Crippen LogP contribution in [-0.2, 0) is 20.7 Å². The molecule has 2 N–H and O–H groups in total. The minimum absolute atomic E-state index is 0.0358. The van der Waals surface area contributed by atoms with E-state index in [2.05, 4.69) is 11.9 Å². The molecule has 0 bridgehead atoms. The molecule has 0 saturated carbocycles. The fourth-order valence-corrected chi connectivity index (χ4v) is 5.02. The number of hydrogen-bond acceptors (Lipinski definition) is 8. The van der Waals surface area contributed by atoms with Crippen molar-refractivity contribution >= 4 is 29.3 Å². The number of benzene rings is 3. The molecule has 3 aromatic carbocycles. The Labute approximate surface area is 228 Å². The second-order valence-electron chi connectivity index (χ2n) is 9.23. The van der Waals surface area contributed by atoms with E-state index in [-0.39, 0.29) is 42.4 Å². The Morgan fingerprint density at radius 1 is 1.02 bits per heavy atom. The van der Waals surface area contributed by atoms with Gasteiger partial charge in [0.1, 0.15) is 25.0 Å². The summed E-state index contributed by atoms with van der Waals surface area (Å²) in [4.78, 5) is 49.6. The molecule has 0 radical (unpaired) electrons. The molecule has 4 aromatic rings. The molecule has 0 fully saturated rings. The molecule has 9 nitrogen and oxygen atoms in total. The Morgan fingerprint density at radius 2 is 1.70 bits per heavy atom. The Bertz CT molecular complexity index is 1640. The number of carbonyl (C=O) groups excluding carboxylic acids is 3. The largest absolute Gasteiger partial charge is 0.507 e. The predicted octanol–water partition coefficient (Wildman–Crippen LogP) is 4.49. The van der Waals surface area contributed by atoms with Gasteiger partial charge < -0.3 is 24.3 Å². The number of aldehydes is 1. The van der Waals surface area contributed by atoms with E-state index < -0.39 is 23.7 Å². The summed E-state index contributed by atoms with van der Waals surface area (Å²) in [5.74, 6) is -1.31. The van der Waals surface area contributed by atoms with Gasteiger partial charge in [-0.25, -0.2) is 14.4 Å². The molecule has 0 spiro atoms. The van der Waals surface area contributed by atoms with Crippen molar-refractivity contribution < 1.29 is 33.4 Å². The van der Waals surface area contributed by atoms with Crippen LogP contribution in [0, 0.1) is 0 Å². The normalized spacial score (nSPS) is 12.7. The highest BCUT2D eigenvalue weighted by Gasteiger charge is 2.30. The minimum atomic E-state index is -1.24. The van der Waals surface area contributed by atoms with Gasteiger partial charge in [-0.1, -0.05) is 61.2 Å². The van der Waals surface area contributed by atoms with E-state index in [1.165, 1.54) is 18.2 Å². The topological polar surface area (TPSA) is 132 Å². The Morgan fingerprint density at radius 3 is 2.35 bits per heavy atom. The molecule has 1 heterocycles. The first kappa shape index (κ1) is 26.4. The molecule has 5 rings (SSSR count). The predicted molar refractivity (Wildman–Crippen MR) is 146 cm³/mol. The standard InChI is InChI=1S/C31H25NO8/c1-2-13-38-30(36)26(14-18-15-28(35)40-29-19(18)11-12-27(34)24(29)16-33)32-31(37)39-17-25-22-9-5-3-7-20(22)21-8-4-6-10-23(21)25/h2-12,15-16,25-26,34H,1,13-14,17H2,(H,32,37)/t26-/m0/s1. The third-order valence-electron chi connectivity index (χ3n) is 6.82. The summed E-state index contributed by atoms with van der Waals surface area (Å²) in [6, 6.07) is 18.5. The molecule has 1 aliphatic rings. The number of rotatable bonds is 9. The van der Waals surface area contributed by atoms with Gasteiger partial charge in [0.25, 0.3) is 0 Å². The molecule has 1 aromatic heterocycles. The summed E-state index contributed by atoms with van der Waals surface area (Å²) >= 11 is 0. The third kappa shape index (κ3) is 5.09. The van der Waals surface area contributed by atoms with Crippen LogP contribution in [0.2, 0.25) is 0 Å². The van der Waals surface area contributed by atoms with E-state index in [0.717, 1.165) is 28.3 Å². The van der Waals surface area contributed by atoms with Gasteiger partial charge in [-0.05, 0) is 39.9 Å². The van der Waals surface area contributed by atoms with Crippen molar-refractivity contribution in [3.05, 3.63) is 112 Å². The van der Waals surface area contributed by atoms with Gasteiger partial charge >= 0.3 is 17.7 Å². The molecule has 0 unspecified atom stereocenters. The number of esters is 1. The third-order valence-corrected chi connectivity index (χ3v) is 6.82. The van der Waals surface area contributed by atoms with Crippen LogP contribution < -0.4 is 10.9 Å². The van der Waals surface area contributed by atoms with E-state index in [4.69, 9.17) is 13.9 Å². The molecule has 1 aliphatic carbocycles. The summed E-state index contributed by atoms with van der Waals surface area (Å²) in [5, 5.41) is 12.9. The quantitative estimate of drug-likeness (QED) is 0.138. The first-order valence-electron chi connectivity index (χ1n) is 12.5. The van der Waals surface area contributed by atoms with Crippen LogP contribution in [-0.4, -0.2) is 42.7 Å². The molecule has 1 atom stereocenters. The van der Waals surface area contributed by atoms with Gasteiger partial charge in [0.05, 0.1) is 5.56 Å². The highest BCUT2D eigenvalue weighted by molar-refractivity contribution is 5.98. The lowest BCUT2D eigenvalue weighted by Gasteiger charge is -2.19. The van der Waals surface area contributed by atoms with Crippen molar-refractivity contribution in [1.29, 1.82) is 0 Å². The van der Waals surface area contributed by atoms with Gasteiger partial charge in [-0.3, -0.25) is 4.79 Å². The van der Waals surface area contributed by atoms with Gasteiger partial charge in [-0.15, -0.1) is 0 Å². The Balaban J connectivity index is 1.38. The lowest BCUT2D eigenvalue weighted by molar-refractivity contribution is -0.144. The summed E-state index contributed by atoms with van der Waals surface area (Å²) in [6.45, 7) is 3.47. The molecule has 40 heavy (non-hydrogen) atoms. The van der Waals surface area contributed by atoms with Crippen LogP contribution in [0.25, 0.3) is 22.1 Å². The van der Waals surface area contributed by atoms with Crippen LogP contribution >= 0.6 is 0 Å². The van der Waals surface area contributed by atoms with E-state index in [1.54, 1.807) is 0 Å². The van der Waals surface area contributed by atoms with Crippen molar-refractivity contribution in [2.75, 3.05) is 13.2 Å². The fourth-order valence-electron chi connectivity index (χ4n) is 5.02. The molecular weight excluding hydrogens is 514 g/mol. The number of aromatic hydroxyl groups is 1. The van der Waals surface area contributed by atoms with E-state index >= 15 is 0 Å². The number of alkyl carbamates (subject to hydrolysis) is 1. The number of phenolic OH excluding ortho intramolecular Hbond substituents is 1. The number of hydrogen-bond donors (Lipinski definition) is 2. The summed E-state index contributed by atoms with van der Waals surface area (Å²) < 4.78 is 15.9. The number of phenols is 1. The van der Waals surface area contributed by atoms with Gasteiger partial charge in [-0.2, -0.15) is 0 Å². The lowest BCUT2D eigenvalue weighted by atomic mass is 9.98. The highest BCUT2D eigenvalue weighted by atomic mass is 16.6. The number of nitrogens with one attached hydrogen (secondary N) is 1. The molecule has 0 saturated heterocycles. The van der Waals surface area contributed by atoms with Crippen LogP contribution in [0.5, 0.6) is 5.75 Å². The Hall–Kier alpha value is -5.18. The van der Waals surface area contributed by atoms with Crippen molar-refractivity contribution in [2.45, 2.75) is 18.4 Å². The van der Waals surface area contributed by atoms with E-state index in [0.29, 0.717) is 17.2 Å². The zero-order valence-electron chi connectivity index (χ0n) is 21.3. The second-order valence-corrected chi connectivity index (χ2v) is 9.23. The zero-order chi connectivity index (χ0) is 28.2. The summed E-state index contributed by atoms with van der Waals surface area (Å²) in [6.07, 6.45) is 0.731. The van der Waals surface area contributed by atoms with Crippen molar-refractivity contribution in [2.24, 2.45) is 0 Å². The maximum atomic E-state index is 13.0. The maximum Gasteiger partial charge on any atom is 0.407 e. The van der Waals surface area contributed by atoms with Crippen molar-refractivity contribution in [3.63, 3.8) is 0 Å². The molecule has 0 aliphatic heterocycles. The van der Waals surface area contributed by atoms with Crippen LogP contribution in [0.3, 0.4) is 0 Å². The fraction of sp³-hybridized carbons (Fsp3) is 0.161. The van der Waals surface area contributed by atoms with Gasteiger partial charge in [0, 0.05) is 23.8 Å². The number of carbonyl (C=O) groups is 3. The first-order chi connectivity index (χ1) is 19.4. The van der Waals surface area contributed by atoms with Crippen molar-refractivity contribution in [3.8, 4) is 16.9 Å². The van der Waals surface area contributed by atoms with E-state index in [1.807, 2.05) is 48.5 Å². The maximum absolute atomic E-state index is 13.0. The average Bonchev–Trinajstić information content (AvgIpc) is 3.27. The second kappa shape index (κ2) is 11.3. The van der Waals surface area contributed by atoms with Crippen LogP contribution in [0.15, 0.2) is 88.6 Å². The average molecular weight is 540 g/mol. The monoisotopic (exact) mass is 539 g/mol. The molecule has 202 valence electrons. The molecular formula is C31H25NO8. The van der Waals surface area contributed by atoms with Crippen LogP contribution in [0.4, 0.5) is 4.79 Å². The van der Waals surface area contributed by atoms with Gasteiger partial charge in [0.2, 0.25) is 0 Å². The minimum Gasteiger partial charge on any atom is -0.507 e. The Kier molecular flexibility index (Phi) is 7.46. The number of ether oxygens (including phenoxy) is 2. The summed E-state index contributed by atoms with van der Waals surface area (Å²) in [5.41, 5.74) is 3.40. The smallest absolute Gasteiger partial charge is 0.407 e. The van der Waals surface area contributed by atoms with Crippen molar-refractivity contribution in [1.82, 2.24) is 5.32 Å². The number of amides is 1. The lowest BCUT2D eigenvalue weighted by Crippen LogP contribution is -2.44. The summed E-state index contributed by atoms with van der Waals surface area (Å²) in [7, 11) is 0. The molecule has 1 amide bonds. The van der Waals surface area contributed by atoms with E-state index in [9.17, 15) is 24.3 Å². The first-order valence-corrected chi connectivity index (χ1v) is 12.5. The van der Waals surface area contributed by atoms with Crippen LogP contribution in [0.1, 0.15) is 33.0 Å². The highest BCUT2D eigenvalue weighted by Crippen LogP contribution is 2.44. The SMILES string of the molecule is C=CCOC(=O)[C@H](Cc1cc(=O)oc2c(C=O)c(O)ccc12)NC(=O)OCC1c2ccccc2-c2ccccc21. The zero-order valence-corrected chi connectivity index (χ0v) is 21.3. The molecule has 9 heteroatoms. The number of fused-ring (bicyclic) bond motifs is 4. The van der Waals surface area contributed by atoms with Gasteiger partial charge in [0.15, 0.2) is 11.9 Å².